The van der Waals surface area contributed by atoms with Crippen LogP contribution in [0.15, 0.2) is 54.6 Å². The second-order valence-corrected chi connectivity index (χ2v) is 4.50. The minimum absolute atomic E-state index is 0.165. The minimum Gasteiger partial charge on any atom is -0.273 e. The molecule has 0 atom stereocenters. The lowest BCUT2D eigenvalue weighted by Crippen LogP contribution is -2.41. The molecule has 2 rings (SSSR count). The largest absolute Gasteiger partial charge is 0.273 e. The molecular formula is C16H15FN2O2. The Labute approximate surface area is 122 Å². The van der Waals surface area contributed by atoms with E-state index in [0.717, 1.165) is 5.56 Å². The third-order valence-corrected chi connectivity index (χ3v) is 2.88. The molecule has 0 aromatic heterocycles. The third kappa shape index (κ3) is 4.72. The highest BCUT2D eigenvalue weighted by Crippen LogP contribution is 2.05. The summed E-state index contributed by atoms with van der Waals surface area (Å²) in [6, 6.07) is 14.6. The van der Waals surface area contributed by atoms with Crippen molar-refractivity contribution in [2.24, 2.45) is 0 Å². The van der Waals surface area contributed by atoms with Crippen molar-refractivity contribution >= 4 is 11.8 Å². The molecule has 4 nitrogen and oxygen atoms in total. The topological polar surface area (TPSA) is 58.2 Å². The van der Waals surface area contributed by atoms with Gasteiger partial charge in [-0.05, 0) is 36.2 Å². The molecule has 0 aliphatic rings. The van der Waals surface area contributed by atoms with E-state index in [-0.39, 0.29) is 24.1 Å². The quantitative estimate of drug-likeness (QED) is 0.847. The molecule has 2 aromatic rings. The molecule has 108 valence electrons. The van der Waals surface area contributed by atoms with E-state index < -0.39 is 0 Å². The zero-order valence-corrected chi connectivity index (χ0v) is 11.3. The number of amides is 2. The van der Waals surface area contributed by atoms with Gasteiger partial charge in [0.15, 0.2) is 0 Å². The second kappa shape index (κ2) is 7.19. The van der Waals surface area contributed by atoms with E-state index in [2.05, 4.69) is 10.9 Å². The maximum Gasteiger partial charge on any atom is 0.269 e. The predicted octanol–water partition coefficient (Wildman–Crippen LogP) is 2.22. The van der Waals surface area contributed by atoms with Gasteiger partial charge in [0.25, 0.3) is 5.91 Å². The Morgan fingerprint density at radius 1 is 0.952 bits per heavy atom. The predicted molar refractivity (Wildman–Crippen MR) is 76.8 cm³/mol. The smallest absolute Gasteiger partial charge is 0.269 e. The Hall–Kier alpha value is -2.69. The fraction of sp³-hybridized carbons (Fsp3) is 0.125. The molecule has 0 unspecified atom stereocenters. The number of halogens is 1. The number of hydrazine groups is 1. The van der Waals surface area contributed by atoms with E-state index in [1.54, 1.807) is 42.5 Å². The van der Waals surface area contributed by atoms with Gasteiger partial charge in [0, 0.05) is 12.0 Å². The molecule has 0 saturated carbocycles. The normalized spacial score (nSPS) is 9.95. The molecule has 0 spiro atoms. The number of nitrogens with one attached hydrogen (secondary N) is 2. The van der Waals surface area contributed by atoms with E-state index in [1.165, 1.54) is 12.1 Å². The van der Waals surface area contributed by atoms with Crippen LogP contribution in [0.3, 0.4) is 0 Å². The molecule has 0 aliphatic heterocycles. The van der Waals surface area contributed by atoms with Crippen molar-refractivity contribution in [3.05, 3.63) is 71.5 Å². The van der Waals surface area contributed by atoms with Crippen molar-refractivity contribution in [3.8, 4) is 0 Å². The van der Waals surface area contributed by atoms with Crippen molar-refractivity contribution in [3.63, 3.8) is 0 Å². The van der Waals surface area contributed by atoms with Gasteiger partial charge in [-0.2, -0.15) is 0 Å². The highest BCUT2D eigenvalue weighted by Gasteiger charge is 2.07. The van der Waals surface area contributed by atoms with Gasteiger partial charge >= 0.3 is 0 Å². The molecule has 2 aromatic carbocycles. The first-order chi connectivity index (χ1) is 10.1. The highest BCUT2D eigenvalue weighted by atomic mass is 19.1. The Morgan fingerprint density at radius 2 is 1.71 bits per heavy atom. The van der Waals surface area contributed by atoms with Crippen molar-refractivity contribution in [1.29, 1.82) is 0 Å². The van der Waals surface area contributed by atoms with E-state index in [1.807, 2.05) is 0 Å². The van der Waals surface area contributed by atoms with E-state index in [9.17, 15) is 14.0 Å². The van der Waals surface area contributed by atoms with E-state index in [4.69, 9.17) is 0 Å². The Balaban J connectivity index is 1.76. The summed E-state index contributed by atoms with van der Waals surface area (Å²) < 4.78 is 13.0. The molecule has 5 heteroatoms. The van der Waals surface area contributed by atoms with Crippen LogP contribution in [0.1, 0.15) is 22.3 Å². The zero-order chi connectivity index (χ0) is 15.1. The summed E-state index contributed by atoms with van der Waals surface area (Å²) in [7, 11) is 0. The first-order valence-corrected chi connectivity index (χ1v) is 6.54. The van der Waals surface area contributed by atoms with E-state index >= 15 is 0 Å². The lowest BCUT2D eigenvalue weighted by atomic mass is 10.1. The van der Waals surface area contributed by atoms with Crippen LogP contribution in [0.5, 0.6) is 0 Å². The molecule has 0 heterocycles. The van der Waals surface area contributed by atoms with Crippen molar-refractivity contribution in [2.45, 2.75) is 12.8 Å². The van der Waals surface area contributed by atoms with Crippen LogP contribution in [0.4, 0.5) is 4.39 Å². The molecule has 0 radical (unpaired) electrons. The van der Waals surface area contributed by atoms with Crippen LogP contribution >= 0.6 is 0 Å². The van der Waals surface area contributed by atoms with Gasteiger partial charge in [-0.15, -0.1) is 0 Å². The van der Waals surface area contributed by atoms with Gasteiger partial charge in [0.2, 0.25) is 5.91 Å². The lowest BCUT2D eigenvalue weighted by molar-refractivity contribution is -0.121. The van der Waals surface area contributed by atoms with Gasteiger partial charge in [0.1, 0.15) is 5.82 Å². The number of rotatable bonds is 4. The summed E-state index contributed by atoms with van der Waals surface area (Å²) in [5.74, 6) is -1.04. The molecule has 0 aliphatic carbocycles. The van der Waals surface area contributed by atoms with E-state index in [0.29, 0.717) is 12.0 Å². The fourth-order valence-electron chi connectivity index (χ4n) is 1.80. The SMILES string of the molecule is O=C(CCc1cccc(F)c1)NNC(=O)c1ccccc1. The monoisotopic (exact) mass is 286 g/mol. The van der Waals surface area contributed by atoms with Crippen LogP contribution < -0.4 is 10.9 Å². The van der Waals surface area contributed by atoms with Gasteiger partial charge in [-0.25, -0.2) is 4.39 Å². The van der Waals surface area contributed by atoms with Crippen LogP contribution in [0, 0.1) is 5.82 Å². The van der Waals surface area contributed by atoms with Crippen LogP contribution in [-0.2, 0) is 11.2 Å². The summed E-state index contributed by atoms with van der Waals surface area (Å²) in [6.07, 6.45) is 0.573. The standard InChI is InChI=1S/C16H15FN2O2/c17-14-8-4-5-12(11-14)9-10-15(20)18-19-16(21)13-6-2-1-3-7-13/h1-8,11H,9-10H2,(H,18,20)(H,19,21). The summed E-state index contributed by atoms with van der Waals surface area (Å²) >= 11 is 0. The molecular weight excluding hydrogens is 271 g/mol. The Kier molecular flexibility index (Phi) is 5.04. The van der Waals surface area contributed by atoms with Crippen molar-refractivity contribution < 1.29 is 14.0 Å². The number of benzene rings is 2. The van der Waals surface area contributed by atoms with Crippen molar-refractivity contribution in [1.82, 2.24) is 10.9 Å². The summed E-state index contributed by atoms with van der Waals surface area (Å²) in [5.41, 5.74) is 5.86. The number of aryl methyl sites for hydroxylation is 1. The molecule has 0 saturated heterocycles. The van der Waals surface area contributed by atoms with Crippen molar-refractivity contribution in [2.75, 3.05) is 0 Å². The first kappa shape index (κ1) is 14.7. The Morgan fingerprint density at radius 3 is 2.43 bits per heavy atom. The van der Waals surface area contributed by atoms with Crippen LogP contribution in [0.25, 0.3) is 0 Å². The Bertz CT molecular complexity index is 629. The summed E-state index contributed by atoms with van der Waals surface area (Å²) in [4.78, 5) is 23.3. The second-order valence-electron chi connectivity index (χ2n) is 4.50. The van der Waals surface area contributed by atoms with Crippen LogP contribution in [-0.4, -0.2) is 11.8 Å². The van der Waals surface area contributed by atoms with Gasteiger partial charge in [0.05, 0.1) is 0 Å². The number of hydrogen-bond acceptors (Lipinski definition) is 2. The van der Waals surface area contributed by atoms with Gasteiger partial charge in [-0.1, -0.05) is 30.3 Å². The highest BCUT2D eigenvalue weighted by molar-refractivity contribution is 5.95. The summed E-state index contributed by atoms with van der Waals surface area (Å²) in [6.45, 7) is 0. The molecule has 2 amide bonds. The first-order valence-electron chi connectivity index (χ1n) is 6.54. The molecule has 21 heavy (non-hydrogen) atoms. The molecule has 2 N–H and O–H groups in total. The maximum atomic E-state index is 13.0. The third-order valence-electron chi connectivity index (χ3n) is 2.88. The van der Waals surface area contributed by atoms with Crippen LogP contribution in [0.2, 0.25) is 0 Å². The van der Waals surface area contributed by atoms with Gasteiger partial charge in [-0.3, -0.25) is 20.4 Å². The lowest BCUT2D eigenvalue weighted by Gasteiger charge is -2.07. The average Bonchev–Trinajstić information content (AvgIpc) is 2.51. The average molecular weight is 286 g/mol. The molecule has 0 fully saturated rings. The fourth-order valence-corrected chi connectivity index (χ4v) is 1.80. The zero-order valence-electron chi connectivity index (χ0n) is 11.3. The summed E-state index contributed by atoms with van der Waals surface area (Å²) in [5, 5.41) is 0. The number of carbonyl (C=O) groups is 2. The maximum absolute atomic E-state index is 13.0. The molecule has 0 bridgehead atoms. The number of hydrogen-bond donors (Lipinski definition) is 2. The number of carbonyl (C=O) groups excluding carboxylic acids is 2. The van der Waals surface area contributed by atoms with Gasteiger partial charge < -0.3 is 0 Å². The minimum atomic E-state index is -0.380.